The predicted octanol–water partition coefficient (Wildman–Crippen LogP) is 4.69. The van der Waals surface area contributed by atoms with E-state index in [-0.39, 0.29) is 24.9 Å². The minimum absolute atomic E-state index is 0.0818. The minimum atomic E-state index is -0.917. The first-order chi connectivity index (χ1) is 21.6. The second kappa shape index (κ2) is 13.4. The summed E-state index contributed by atoms with van der Waals surface area (Å²) in [5.74, 6) is 0.113. The summed E-state index contributed by atoms with van der Waals surface area (Å²) in [6.45, 7) is 3.15. The molecule has 0 bridgehead atoms. The third-order valence-electron chi connectivity index (χ3n) is 7.72. The molecule has 44 heavy (non-hydrogen) atoms. The van der Waals surface area contributed by atoms with Crippen LogP contribution in [0, 0.1) is 0 Å². The zero-order valence-corrected chi connectivity index (χ0v) is 24.5. The number of fused-ring (bicyclic) bond motifs is 1. The van der Waals surface area contributed by atoms with Crippen molar-refractivity contribution >= 4 is 34.2 Å². The second-order valence-electron chi connectivity index (χ2n) is 10.6. The van der Waals surface area contributed by atoms with E-state index in [1.807, 2.05) is 103 Å². The fourth-order valence-corrected chi connectivity index (χ4v) is 5.40. The van der Waals surface area contributed by atoms with Crippen LogP contribution in [0.5, 0.6) is 5.75 Å². The fraction of sp³-hybridized carbons (Fsp3) is 0.235. The zero-order valence-electron chi connectivity index (χ0n) is 24.5. The maximum Gasteiger partial charge on any atom is 0.251 e. The van der Waals surface area contributed by atoms with Gasteiger partial charge in [-0.05, 0) is 59.7 Å². The molecule has 1 aliphatic heterocycles. The number of nitrogens with one attached hydrogen (secondary N) is 1. The van der Waals surface area contributed by atoms with Gasteiger partial charge in [-0.3, -0.25) is 9.59 Å². The SMILES string of the molecule is COc1ccc(CN(C(=O)Cn2nnc3ccccc32)[C@H](C(=O)Nc2ccc(N3CCOCC3)cc2)c2ccccc2)cc1. The number of aromatic nitrogens is 3. The lowest BCUT2D eigenvalue weighted by Gasteiger charge is -2.32. The van der Waals surface area contributed by atoms with Crippen LogP contribution in [0.4, 0.5) is 11.4 Å². The molecule has 10 heteroatoms. The Kier molecular flexibility index (Phi) is 8.79. The first-order valence-corrected chi connectivity index (χ1v) is 14.6. The molecule has 6 rings (SSSR count). The Hall–Kier alpha value is -5.22. The normalized spacial score (nSPS) is 13.8. The van der Waals surface area contributed by atoms with E-state index in [1.54, 1.807) is 16.7 Å². The van der Waals surface area contributed by atoms with Crippen molar-refractivity contribution in [1.29, 1.82) is 0 Å². The molecule has 1 N–H and O–H groups in total. The van der Waals surface area contributed by atoms with Gasteiger partial charge in [0, 0.05) is 31.0 Å². The Balaban J connectivity index is 1.32. The number of anilines is 2. The van der Waals surface area contributed by atoms with Crippen LogP contribution in [0.3, 0.4) is 0 Å². The molecule has 1 aliphatic rings. The minimum Gasteiger partial charge on any atom is -0.497 e. The lowest BCUT2D eigenvalue weighted by molar-refractivity contribution is -0.140. The van der Waals surface area contributed by atoms with Gasteiger partial charge in [-0.1, -0.05) is 59.8 Å². The summed E-state index contributed by atoms with van der Waals surface area (Å²) in [5, 5.41) is 11.5. The maximum absolute atomic E-state index is 14.2. The van der Waals surface area contributed by atoms with Crippen molar-refractivity contribution in [3.63, 3.8) is 0 Å². The highest BCUT2D eigenvalue weighted by Crippen LogP contribution is 2.28. The first kappa shape index (κ1) is 28.9. The number of ether oxygens (including phenoxy) is 2. The number of amides is 2. The molecule has 1 aromatic heterocycles. The number of methoxy groups -OCH3 is 1. The van der Waals surface area contributed by atoms with Gasteiger partial charge >= 0.3 is 0 Å². The van der Waals surface area contributed by atoms with Crippen molar-refractivity contribution in [2.45, 2.75) is 19.1 Å². The van der Waals surface area contributed by atoms with Crippen LogP contribution in [0.15, 0.2) is 103 Å². The van der Waals surface area contributed by atoms with Crippen LogP contribution < -0.4 is 15.0 Å². The van der Waals surface area contributed by atoms with Gasteiger partial charge in [0.25, 0.3) is 5.91 Å². The Labute approximate surface area is 255 Å². The quantitative estimate of drug-likeness (QED) is 0.252. The molecular formula is C34H34N6O4. The van der Waals surface area contributed by atoms with Crippen LogP contribution in [0.2, 0.25) is 0 Å². The number of benzene rings is 4. The molecule has 0 aliphatic carbocycles. The van der Waals surface area contributed by atoms with Crippen LogP contribution in [-0.2, 0) is 27.4 Å². The third-order valence-corrected chi connectivity index (χ3v) is 7.72. The molecule has 1 atom stereocenters. The highest BCUT2D eigenvalue weighted by Gasteiger charge is 2.32. The molecule has 0 saturated carbocycles. The van der Waals surface area contributed by atoms with Crippen molar-refractivity contribution < 1.29 is 19.1 Å². The molecule has 2 amide bonds. The molecule has 0 radical (unpaired) electrons. The van der Waals surface area contributed by atoms with Gasteiger partial charge < -0.3 is 24.6 Å². The van der Waals surface area contributed by atoms with Crippen molar-refractivity contribution in [2.75, 3.05) is 43.6 Å². The molecule has 0 unspecified atom stereocenters. The summed E-state index contributed by atoms with van der Waals surface area (Å²) in [6, 6.07) is 31.2. The number of para-hydroxylation sites is 1. The fourth-order valence-electron chi connectivity index (χ4n) is 5.40. The van der Waals surface area contributed by atoms with Gasteiger partial charge in [-0.25, -0.2) is 4.68 Å². The predicted molar refractivity (Wildman–Crippen MR) is 168 cm³/mol. The summed E-state index contributed by atoms with van der Waals surface area (Å²) < 4.78 is 12.4. The van der Waals surface area contributed by atoms with E-state index in [2.05, 4.69) is 20.5 Å². The Morgan fingerprint density at radius 2 is 1.61 bits per heavy atom. The smallest absolute Gasteiger partial charge is 0.251 e. The number of hydrogen-bond acceptors (Lipinski definition) is 7. The van der Waals surface area contributed by atoms with E-state index in [1.165, 1.54) is 0 Å². The molecule has 2 heterocycles. The summed E-state index contributed by atoms with van der Waals surface area (Å²) in [7, 11) is 1.61. The number of hydrogen-bond donors (Lipinski definition) is 1. The second-order valence-corrected chi connectivity index (χ2v) is 10.6. The molecule has 4 aromatic carbocycles. The third kappa shape index (κ3) is 6.55. The van der Waals surface area contributed by atoms with Crippen molar-refractivity contribution in [1.82, 2.24) is 19.9 Å². The Morgan fingerprint density at radius 3 is 2.34 bits per heavy atom. The highest BCUT2D eigenvalue weighted by atomic mass is 16.5. The van der Waals surface area contributed by atoms with E-state index in [4.69, 9.17) is 9.47 Å². The van der Waals surface area contributed by atoms with Gasteiger partial charge in [0.05, 0.1) is 25.8 Å². The molecule has 1 saturated heterocycles. The standard InChI is InChI=1S/C34H34N6O4/c1-43-29-17-11-25(12-18-29)23-39(32(41)24-40-31-10-6-5-9-30(31)36-37-40)33(26-7-3-2-4-8-26)34(42)35-27-13-15-28(16-14-27)38-19-21-44-22-20-38/h2-18,33H,19-24H2,1H3,(H,35,42)/t33-/m0/s1. The number of morpholine rings is 1. The van der Waals surface area contributed by atoms with Crippen LogP contribution >= 0.6 is 0 Å². The topological polar surface area (TPSA) is 102 Å². The summed E-state index contributed by atoms with van der Waals surface area (Å²) in [5.41, 5.74) is 4.70. The largest absolute Gasteiger partial charge is 0.497 e. The molecule has 0 spiro atoms. The lowest BCUT2D eigenvalue weighted by atomic mass is 10.0. The van der Waals surface area contributed by atoms with E-state index >= 15 is 0 Å². The van der Waals surface area contributed by atoms with Gasteiger partial charge in [0.15, 0.2) is 0 Å². The molecule has 224 valence electrons. The van der Waals surface area contributed by atoms with Crippen molar-refractivity contribution in [3.8, 4) is 5.75 Å². The maximum atomic E-state index is 14.2. The van der Waals surface area contributed by atoms with Crippen molar-refractivity contribution in [2.24, 2.45) is 0 Å². The monoisotopic (exact) mass is 590 g/mol. The molecular weight excluding hydrogens is 556 g/mol. The average molecular weight is 591 g/mol. The summed E-state index contributed by atoms with van der Waals surface area (Å²) in [4.78, 5) is 32.2. The molecule has 5 aromatic rings. The number of carbonyl (C=O) groups excluding carboxylic acids is 2. The summed E-state index contributed by atoms with van der Waals surface area (Å²) in [6.07, 6.45) is 0. The molecule has 1 fully saturated rings. The Morgan fingerprint density at radius 1 is 0.909 bits per heavy atom. The van der Waals surface area contributed by atoms with E-state index in [0.717, 1.165) is 29.9 Å². The lowest BCUT2D eigenvalue weighted by Crippen LogP contribution is -2.42. The van der Waals surface area contributed by atoms with Gasteiger partial charge in [0.1, 0.15) is 23.9 Å². The van der Waals surface area contributed by atoms with E-state index in [0.29, 0.717) is 35.7 Å². The van der Waals surface area contributed by atoms with E-state index < -0.39 is 6.04 Å². The van der Waals surface area contributed by atoms with Gasteiger partial charge in [0.2, 0.25) is 5.91 Å². The first-order valence-electron chi connectivity index (χ1n) is 14.6. The van der Waals surface area contributed by atoms with Gasteiger partial charge in [-0.15, -0.1) is 5.10 Å². The zero-order chi connectivity index (χ0) is 30.3. The van der Waals surface area contributed by atoms with Crippen LogP contribution in [0.1, 0.15) is 17.2 Å². The van der Waals surface area contributed by atoms with E-state index in [9.17, 15) is 9.59 Å². The highest BCUT2D eigenvalue weighted by molar-refractivity contribution is 5.98. The van der Waals surface area contributed by atoms with Gasteiger partial charge in [-0.2, -0.15) is 0 Å². The molecule has 10 nitrogen and oxygen atoms in total. The van der Waals surface area contributed by atoms with Crippen LogP contribution in [-0.4, -0.2) is 65.1 Å². The summed E-state index contributed by atoms with van der Waals surface area (Å²) >= 11 is 0. The number of rotatable bonds is 10. The number of nitrogens with zero attached hydrogens (tertiary/aromatic N) is 5. The number of carbonyl (C=O) groups is 2. The van der Waals surface area contributed by atoms with Crippen LogP contribution in [0.25, 0.3) is 11.0 Å². The average Bonchev–Trinajstić information content (AvgIpc) is 3.48. The van der Waals surface area contributed by atoms with Crippen molar-refractivity contribution in [3.05, 3.63) is 114 Å². The Bertz CT molecular complexity index is 1700.